The predicted octanol–water partition coefficient (Wildman–Crippen LogP) is -0.382. The van der Waals surface area contributed by atoms with Gasteiger partial charge in [-0.3, -0.25) is 0 Å². The fourth-order valence-corrected chi connectivity index (χ4v) is 1.04. The van der Waals surface area contributed by atoms with Crippen LogP contribution in [0.15, 0.2) is 24.3 Å². The van der Waals surface area contributed by atoms with Crippen molar-refractivity contribution < 1.29 is 33.5 Å². The highest BCUT2D eigenvalue weighted by atomic mass is 19.4. The molecule has 7 heteroatoms. The molecule has 4 nitrogen and oxygen atoms in total. The molecule has 0 aliphatic rings. The van der Waals surface area contributed by atoms with Gasteiger partial charge >= 0.3 is 6.36 Å². The first-order chi connectivity index (χ1) is 7.29. The summed E-state index contributed by atoms with van der Waals surface area (Å²) in [5, 5.41) is 10.4. The smallest absolute Gasteiger partial charge is 0.544 e. The number of carboxylic acids is 1. The quantitative estimate of drug-likeness (QED) is 0.775. The van der Waals surface area contributed by atoms with Crippen molar-refractivity contribution >= 4 is 5.97 Å². The van der Waals surface area contributed by atoms with Crippen molar-refractivity contribution in [2.75, 3.05) is 0 Å². The Kier molecular flexibility index (Phi) is 3.38. The van der Waals surface area contributed by atoms with Crippen molar-refractivity contribution in [3.05, 3.63) is 29.8 Å². The number of aliphatic carboxylic acids is 1. The molecule has 0 amide bonds. The molecule has 0 saturated heterocycles. The van der Waals surface area contributed by atoms with Crippen molar-refractivity contribution in [1.82, 2.24) is 0 Å². The zero-order valence-electron chi connectivity index (χ0n) is 7.95. The molecule has 1 aromatic rings. The molecule has 1 aromatic carbocycles. The lowest BCUT2D eigenvalue weighted by Gasteiger charge is -2.11. The molecule has 3 N–H and O–H groups in total. The highest BCUT2D eigenvalue weighted by Crippen LogP contribution is 2.23. The van der Waals surface area contributed by atoms with Gasteiger partial charge in [-0.05, 0) is 24.3 Å². The standard InChI is InChI=1S/C9H8F3NO3/c10-9(11,12)16-6-3-1-5(2-4-6)7(13)8(14)15/h1-4,7H,13H2,(H,14,15)/t7-/m0/s1. The van der Waals surface area contributed by atoms with Crippen LogP contribution < -0.4 is 15.6 Å². The number of hydrogen-bond acceptors (Lipinski definition) is 3. The maximum Gasteiger partial charge on any atom is 0.573 e. The molecule has 0 bridgehead atoms. The van der Waals surface area contributed by atoms with Crippen molar-refractivity contribution in [1.29, 1.82) is 0 Å². The number of carbonyl (C=O) groups is 1. The summed E-state index contributed by atoms with van der Waals surface area (Å²) in [6, 6.07) is 3.29. The summed E-state index contributed by atoms with van der Waals surface area (Å²) in [4.78, 5) is 10.4. The van der Waals surface area contributed by atoms with E-state index in [2.05, 4.69) is 10.5 Å². The predicted molar refractivity (Wildman–Crippen MR) is 43.8 cm³/mol. The summed E-state index contributed by atoms with van der Waals surface area (Å²) >= 11 is 0. The van der Waals surface area contributed by atoms with E-state index in [0.717, 1.165) is 12.1 Å². The molecule has 0 fully saturated rings. The SMILES string of the molecule is [NH3+][C@H](C(=O)[O-])c1ccc(OC(F)(F)F)cc1. The van der Waals surface area contributed by atoms with Crippen LogP contribution in [0.2, 0.25) is 0 Å². The van der Waals surface area contributed by atoms with Gasteiger partial charge in [0.1, 0.15) is 11.7 Å². The van der Waals surface area contributed by atoms with E-state index in [1.54, 1.807) is 0 Å². The van der Waals surface area contributed by atoms with E-state index in [1.807, 2.05) is 0 Å². The van der Waals surface area contributed by atoms with Crippen LogP contribution in [0.1, 0.15) is 11.6 Å². The minimum atomic E-state index is -4.76. The van der Waals surface area contributed by atoms with Crippen LogP contribution in [-0.2, 0) is 4.79 Å². The van der Waals surface area contributed by atoms with Crippen LogP contribution in [0.4, 0.5) is 13.2 Å². The number of rotatable bonds is 3. The zero-order chi connectivity index (χ0) is 12.3. The molecule has 1 rings (SSSR count). The maximum atomic E-state index is 11.8. The third kappa shape index (κ3) is 3.43. The van der Waals surface area contributed by atoms with Gasteiger partial charge in [0.25, 0.3) is 0 Å². The average Bonchev–Trinajstić information content (AvgIpc) is 2.15. The van der Waals surface area contributed by atoms with E-state index in [4.69, 9.17) is 0 Å². The van der Waals surface area contributed by atoms with E-state index in [0.29, 0.717) is 0 Å². The number of quaternary nitrogens is 1. The lowest BCUT2D eigenvalue weighted by molar-refractivity contribution is -0.443. The van der Waals surface area contributed by atoms with Crippen LogP contribution in [-0.4, -0.2) is 12.3 Å². The second-order valence-corrected chi connectivity index (χ2v) is 2.99. The molecule has 0 radical (unpaired) electrons. The van der Waals surface area contributed by atoms with Crippen LogP contribution in [0.5, 0.6) is 5.75 Å². The summed E-state index contributed by atoms with van der Waals surface area (Å²) in [6.07, 6.45) is -4.76. The number of halogens is 3. The summed E-state index contributed by atoms with van der Waals surface area (Å²) in [5.74, 6) is -1.81. The Balaban J connectivity index is 2.79. The van der Waals surface area contributed by atoms with Crippen molar-refractivity contribution in [3.63, 3.8) is 0 Å². The number of hydrogen-bond donors (Lipinski definition) is 1. The van der Waals surface area contributed by atoms with Crippen LogP contribution in [0.3, 0.4) is 0 Å². The Morgan fingerprint density at radius 1 is 1.31 bits per heavy atom. The zero-order valence-corrected chi connectivity index (χ0v) is 7.95. The summed E-state index contributed by atoms with van der Waals surface area (Å²) in [5.41, 5.74) is 3.53. The molecular weight excluding hydrogens is 227 g/mol. The molecular formula is C9H8F3NO3. The monoisotopic (exact) mass is 235 g/mol. The summed E-state index contributed by atoms with van der Waals surface area (Å²) in [7, 11) is 0. The lowest BCUT2D eigenvalue weighted by Crippen LogP contribution is -2.60. The number of carboxylic acid groups (broad SMARTS) is 1. The Hall–Kier alpha value is -1.76. The van der Waals surface area contributed by atoms with Crippen LogP contribution in [0.25, 0.3) is 0 Å². The number of benzene rings is 1. The number of carbonyl (C=O) groups excluding carboxylic acids is 1. The minimum absolute atomic E-state index is 0.245. The Morgan fingerprint density at radius 3 is 2.19 bits per heavy atom. The van der Waals surface area contributed by atoms with Crippen molar-refractivity contribution in [2.45, 2.75) is 12.4 Å². The van der Waals surface area contributed by atoms with Gasteiger partial charge in [-0.2, -0.15) is 0 Å². The molecule has 0 aliphatic carbocycles. The summed E-state index contributed by atoms with van der Waals surface area (Å²) < 4.78 is 39.0. The van der Waals surface area contributed by atoms with Gasteiger partial charge in [0.05, 0.1) is 0 Å². The number of ether oxygens (including phenoxy) is 1. The molecule has 0 heterocycles. The largest absolute Gasteiger partial charge is 0.573 e. The van der Waals surface area contributed by atoms with E-state index < -0.39 is 24.1 Å². The highest BCUT2D eigenvalue weighted by molar-refractivity contribution is 5.71. The lowest BCUT2D eigenvalue weighted by atomic mass is 10.1. The second-order valence-electron chi connectivity index (χ2n) is 2.99. The van der Waals surface area contributed by atoms with Crippen LogP contribution >= 0.6 is 0 Å². The fraction of sp³-hybridized carbons (Fsp3) is 0.222. The van der Waals surface area contributed by atoms with Gasteiger partial charge in [0, 0.05) is 5.56 Å². The Bertz CT molecular complexity index is 375. The molecule has 0 aliphatic heterocycles. The van der Waals surface area contributed by atoms with E-state index >= 15 is 0 Å². The van der Waals surface area contributed by atoms with E-state index in [-0.39, 0.29) is 5.56 Å². The van der Waals surface area contributed by atoms with Crippen molar-refractivity contribution in [3.8, 4) is 5.75 Å². The summed E-state index contributed by atoms with van der Waals surface area (Å²) in [6.45, 7) is 0. The molecule has 0 unspecified atom stereocenters. The molecule has 0 aromatic heterocycles. The van der Waals surface area contributed by atoms with Gasteiger partial charge in [-0.15, -0.1) is 13.2 Å². The first-order valence-corrected chi connectivity index (χ1v) is 4.19. The number of alkyl halides is 3. The molecule has 16 heavy (non-hydrogen) atoms. The normalized spacial score (nSPS) is 13.2. The topological polar surface area (TPSA) is 77.0 Å². The molecule has 0 spiro atoms. The second kappa shape index (κ2) is 4.40. The van der Waals surface area contributed by atoms with Crippen LogP contribution in [0, 0.1) is 0 Å². The molecule has 0 saturated carbocycles. The third-order valence-corrected chi connectivity index (χ3v) is 1.80. The van der Waals surface area contributed by atoms with Gasteiger partial charge in [-0.25, -0.2) is 0 Å². The van der Waals surface area contributed by atoms with Gasteiger partial charge in [0.15, 0.2) is 6.04 Å². The van der Waals surface area contributed by atoms with Crippen molar-refractivity contribution in [2.24, 2.45) is 0 Å². The molecule has 88 valence electrons. The van der Waals surface area contributed by atoms with E-state index in [1.165, 1.54) is 12.1 Å². The Morgan fingerprint density at radius 2 is 1.81 bits per heavy atom. The van der Waals surface area contributed by atoms with E-state index in [9.17, 15) is 23.1 Å². The van der Waals surface area contributed by atoms with Gasteiger partial charge in [0.2, 0.25) is 0 Å². The minimum Gasteiger partial charge on any atom is -0.544 e. The van der Waals surface area contributed by atoms with Gasteiger partial charge < -0.3 is 20.4 Å². The first-order valence-electron chi connectivity index (χ1n) is 4.19. The average molecular weight is 235 g/mol. The Labute approximate surface area is 88.4 Å². The highest BCUT2D eigenvalue weighted by Gasteiger charge is 2.31. The molecule has 1 atom stereocenters. The first kappa shape index (κ1) is 12.3. The maximum absolute atomic E-state index is 11.8. The third-order valence-electron chi connectivity index (χ3n) is 1.80. The van der Waals surface area contributed by atoms with Gasteiger partial charge in [-0.1, -0.05) is 0 Å². The fourth-order valence-electron chi connectivity index (χ4n) is 1.04.